The molecular formula is C14H18N2O3. The molecule has 2 rings (SSSR count). The number of aliphatic hydroxyl groups is 1. The summed E-state index contributed by atoms with van der Waals surface area (Å²) in [5.74, 6) is 1.90. The Kier molecular flexibility index (Phi) is 4.16. The summed E-state index contributed by atoms with van der Waals surface area (Å²) in [6, 6.07) is 5.60. The molecule has 5 nitrogen and oxygen atoms in total. The highest BCUT2D eigenvalue weighted by Gasteiger charge is 2.08. The van der Waals surface area contributed by atoms with Crippen molar-refractivity contribution in [3.05, 3.63) is 41.0 Å². The van der Waals surface area contributed by atoms with E-state index in [4.69, 9.17) is 9.26 Å². The van der Waals surface area contributed by atoms with Gasteiger partial charge in [0.25, 0.3) is 5.89 Å². The molecule has 0 aliphatic heterocycles. The molecule has 0 saturated heterocycles. The van der Waals surface area contributed by atoms with E-state index in [2.05, 4.69) is 10.1 Å². The van der Waals surface area contributed by atoms with Crippen molar-refractivity contribution in [1.82, 2.24) is 10.1 Å². The number of aryl methyl sites for hydroxylation is 2. The summed E-state index contributed by atoms with van der Waals surface area (Å²) < 4.78 is 10.7. The standard InChI is InChI=1S/C14H18N2O3/c1-4-13-15-14(19-16-13)8-18-12-6-5-11(10(3)17)7-9(12)2/h5-7,10,17H,4,8H2,1-3H3/t10-/m1/s1. The monoisotopic (exact) mass is 262 g/mol. The highest BCUT2D eigenvalue weighted by atomic mass is 16.5. The lowest BCUT2D eigenvalue weighted by atomic mass is 10.1. The van der Waals surface area contributed by atoms with Gasteiger partial charge in [-0.2, -0.15) is 4.98 Å². The molecule has 0 amide bonds. The molecule has 0 radical (unpaired) electrons. The molecule has 0 fully saturated rings. The lowest BCUT2D eigenvalue weighted by molar-refractivity contribution is 0.198. The molecule has 0 aliphatic carbocycles. The van der Waals surface area contributed by atoms with Crippen molar-refractivity contribution in [1.29, 1.82) is 0 Å². The average Bonchev–Trinajstić information content (AvgIpc) is 2.85. The summed E-state index contributed by atoms with van der Waals surface area (Å²) in [6.07, 6.45) is 0.266. The number of hydrogen-bond donors (Lipinski definition) is 1. The lowest BCUT2D eigenvalue weighted by Gasteiger charge is -2.10. The van der Waals surface area contributed by atoms with Crippen LogP contribution in [0.3, 0.4) is 0 Å². The van der Waals surface area contributed by atoms with Gasteiger partial charge in [0.05, 0.1) is 6.10 Å². The van der Waals surface area contributed by atoms with Crippen LogP contribution in [0, 0.1) is 6.92 Å². The van der Waals surface area contributed by atoms with Gasteiger partial charge in [0, 0.05) is 6.42 Å². The Balaban J connectivity index is 2.03. The number of rotatable bonds is 5. The molecule has 0 unspecified atom stereocenters. The van der Waals surface area contributed by atoms with E-state index in [0.717, 1.165) is 23.3 Å². The van der Waals surface area contributed by atoms with Crippen LogP contribution >= 0.6 is 0 Å². The normalized spacial score (nSPS) is 12.4. The van der Waals surface area contributed by atoms with Gasteiger partial charge in [0.15, 0.2) is 12.4 Å². The van der Waals surface area contributed by atoms with Crippen molar-refractivity contribution in [3.63, 3.8) is 0 Å². The number of aromatic nitrogens is 2. The van der Waals surface area contributed by atoms with Gasteiger partial charge in [-0.3, -0.25) is 0 Å². The van der Waals surface area contributed by atoms with E-state index >= 15 is 0 Å². The Morgan fingerprint density at radius 3 is 2.79 bits per heavy atom. The minimum Gasteiger partial charge on any atom is -0.483 e. The zero-order valence-electron chi connectivity index (χ0n) is 11.4. The summed E-state index contributed by atoms with van der Waals surface area (Å²) >= 11 is 0. The van der Waals surface area contributed by atoms with Crippen molar-refractivity contribution in [2.45, 2.75) is 39.9 Å². The van der Waals surface area contributed by atoms with Gasteiger partial charge in [-0.25, -0.2) is 0 Å². The highest BCUT2D eigenvalue weighted by Crippen LogP contribution is 2.23. The Labute approximate surface area is 112 Å². The van der Waals surface area contributed by atoms with Crippen LogP contribution in [0.4, 0.5) is 0 Å². The van der Waals surface area contributed by atoms with E-state index < -0.39 is 6.10 Å². The highest BCUT2D eigenvalue weighted by molar-refractivity contribution is 5.36. The fourth-order valence-electron chi connectivity index (χ4n) is 1.73. The lowest BCUT2D eigenvalue weighted by Crippen LogP contribution is -1.99. The number of hydrogen-bond acceptors (Lipinski definition) is 5. The molecule has 2 aromatic rings. The molecule has 1 N–H and O–H groups in total. The van der Waals surface area contributed by atoms with Gasteiger partial charge in [-0.1, -0.05) is 18.1 Å². The summed E-state index contributed by atoms with van der Waals surface area (Å²) in [4.78, 5) is 4.18. The first-order valence-corrected chi connectivity index (χ1v) is 6.33. The SMILES string of the molecule is CCc1noc(COc2ccc([C@@H](C)O)cc2C)n1. The van der Waals surface area contributed by atoms with E-state index in [-0.39, 0.29) is 6.61 Å². The maximum absolute atomic E-state index is 9.50. The van der Waals surface area contributed by atoms with Crippen LogP contribution in [0.25, 0.3) is 0 Å². The van der Waals surface area contributed by atoms with Gasteiger partial charge in [0.2, 0.25) is 0 Å². The number of aliphatic hydroxyl groups excluding tert-OH is 1. The smallest absolute Gasteiger partial charge is 0.264 e. The molecular weight excluding hydrogens is 244 g/mol. The zero-order chi connectivity index (χ0) is 13.8. The van der Waals surface area contributed by atoms with Crippen LogP contribution in [-0.2, 0) is 13.0 Å². The predicted molar refractivity (Wildman–Crippen MR) is 69.8 cm³/mol. The minimum atomic E-state index is -0.476. The molecule has 0 aliphatic rings. The first-order valence-electron chi connectivity index (χ1n) is 6.33. The van der Waals surface area contributed by atoms with Crippen LogP contribution in [0.1, 0.15) is 42.8 Å². The Hall–Kier alpha value is -1.88. The quantitative estimate of drug-likeness (QED) is 0.896. The molecule has 5 heteroatoms. The minimum absolute atomic E-state index is 0.252. The molecule has 0 saturated carbocycles. The summed E-state index contributed by atoms with van der Waals surface area (Å²) in [5, 5.41) is 13.3. The largest absolute Gasteiger partial charge is 0.483 e. The molecule has 1 aromatic carbocycles. The average molecular weight is 262 g/mol. The maximum atomic E-state index is 9.50. The van der Waals surface area contributed by atoms with Gasteiger partial charge < -0.3 is 14.4 Å². The van der Waals surface area contributed by atoms with Crippen molar-refractivity contribution in [2.75, 3.05) is 0 Å². The van der Waals surface area contributed by atoms with Crippen LogP contribution in [-0.4, -0.2) is 15.2 Å². The van der Waals surface area contributed by atoms with Crippen molar-refractivity contribution < 1.29 is 14.4 Å². The Morgan fingerprint density at radius 2 is 2.21 bits per heavy atom. The van der Waals surface area contributed by atoms with Crippen LogP contribution in [0.5, 0.6) is 5.75 Å². The molecule has 1 heterocycles. The van der Waals surface area contributed by atoms with Crippen molar-refractivity contribution in [3.8, 4) is 5.75 Å². The topological polar surface area (TPSA) is 68.4 Å². The zero-order valence-corrected chi connectivity index (χ0v) is 11.4. The molecule has 102 valence electrons. The van der Waals surface area contributed by atoms with E-state index in [1.54, 1.807) is 6.92 Å². The van der Waals surface area contributed by atoms with E-state index in [9.17, 15) is 5.11 Å². The first-order chi connectivity index (χ1) is 9.10. The third kappa shape index (κ3) is 3.32. The first kappa shape index (κ1) is 13.5. The summed E-state index contributed by atoms with van der Waals surface area (Å²) in [6.45, 7) is 5.89. The van der Waals surface area contributed by atoms with Crippen LogP contribution in [0.2, 0.25) is 0 Å². The fourth-order valence-corrected chi connectivity index (χ4v) is 1.73. The van der Waals surface area contributed by atoms with Crippen molar-refractivity contribution >= 4 is 0 Å². The summed E-state index contributed by atoms with van der Waals surface area (Å²) in [7, 11) is 0. The second-order valence-corrected chi connectivity index (χ2v) is 4.45. The fraction of sp³-hybridized carbons (Fsp3) is 0.429. The maximum Gasteiger partial charge on any atom is 0.264 e. The number of benzene rings is 1. The van der Waals surface area contributed by atoms with Crippen LogP contribution in [0.15, 0.2) is 22.7 Å². The molecule has 0 bridgehead atoms. The van der Waals surface area contributed by atoms with Crippen LogP contribution < -0.4 is 4.74 Å². The Morgan fingerprint density at radius 1 is 1.42 bits per heavy atom. The molecule has 1 aromatic heterocycles. The van der Waals surface area contributed by atoms with Gasteiger partial charge in [-0.15, -0.1) is 0 Å². The van der Waals surface area contributed by atoms with E-state index in [0.29, 0.717) is 11.7 Å². The Bertz CT molecular complexity index is 549. The van der Waals surface area contributed by atoms with Gasteiger partial charge >= 0.3 is 0 Å². The van der Waals surface area contributed by atoms with Gasteiger partial charge in [0.1, 0.15) is 5.75 Å². The number of nitrogens with zero attached hydrogens (tertiary/aromatic N) is 2. The third-order valence-corrected chi connectivity index (χ3v) is 2.86. The van der Waals surface area contributed by atoms with Gasteiger partial charge in [-0.05, 0) is 37.1 Å². The second kappa shape index (κ2) is 5.84. The predicted octanol–water partition coefficient (Wildman–Crippen LogP) is 2.57. The molecule has 19 heavy (non-hydrogen) atoms. The molecule has 1 atom stereocenters. The van der Waals surface area contributed by atoms with E-state index in [1.807, 2.05) is 32.0 Å². The summed E-state index contributed by atoms with van der Waals surface area (Å²) in [5.41, 5.74) is 1.84. The van der Waals surface area contributed by atoms with Crippen molar-refractivity contribution in [2.24, 2.45) is 0 Å². The van der Waals surface area contributed by atoms with E-state index in [1.165, 1.54) is 0 Å². The third-order valence-electron chi connectivity index (χ3n) is 2.86. The second-order valence-electron chi connectivity index (χ2n) is 4.45. The number of ether oxygens (including phenoxy) is 1. The molecule has 0 spiro atoms.